The van der Waals surface area contributed by atoms with Crippen LogP contribution in [0.25, 0.3) is 0 Å². The van der Waals surface area contributed by atoms with Gasteiger partial charge in [0.1, 0.15) is 11.6 Å². The van der Waals surface area contributed by atoms with Crippen molar-refractivity contribution >= 4 is 11.6 Å². The Labute approximate surface area is 129 Å². The highest BCUT2D eigenvalue weighted by Crippen LogP contribution is 2.26. The third kappa shape index (κ3) is 3.93. The maximum Gasteiger partial charge on any atom is 0.137 e. The molecule has 0 saturated carbocycles. The molecule has 0 aliphatic carbocycles. The molecular weight excluding hydrogens is 291 g/mol. The normalized spacial score (nSPS) is 12.2. The van der Waals surface area contributed by atoms with Crippen molar-refractivity contribution in [3.05, 3.63) is 58.6 Å². The third-order valence-electron chi connectivity index (χ3n) is 3.27. The summed E-state index contributed by atoms with van der Waals surface area (Å²) >= 11 is 6.09. The zero-order valence-corrected chi connectivity index (χ0v) is 12.8. The number of aromatic nitrogens is 1. The molecule has 1 heterocycles. The first kappa shape index (κ1) is 15.7. The average Bonchev–Trinajstić information content (AvgIpc) is 2.48. The van der Waals surface area contributed by atoms with Crippen molar-refractivity contribution in [2.45, 2.75) is 19.4 Å². The lowest BCUT2D eigenvalue weighted by molar-refractivity contribution is 0.338. The van der Waals surface area contributed by atoms with Gasteiger partial charge in [-0.25, -0.2) is 4.39 Å². The van der Waals surface area contributed by atoms with Crippen molar-refractivity contribution in [2.75, 3.05) is 13.7 Å². The number of pyridine rings is 1. The molecule has 0 saturated heterocycles. The Hall–Kier alpha value is -1.65. The summed E-state index contributed by atoms with van der Waals surface area (Å²) in [5.41, 5.74) is 1.43. The Morgan fingerprint density at radius 1 is 1.38 bits per heavy atom. The molecule has 112 valence electrons. The highest BCUT2D eigenvalue weighted by atomic mass is 35.5. The van der Waals surface area contributed by atoms with E-state index in [4.69, 9.17) is 16.3 Å². The fourth-order valence-corrected chi connectivity index (χ4v) is 2.43. The van der Waals surface area contributed by atoms with Crippen LogP contribution in [0, 0.1) is 5.82 Å². The first-order valence-corrected chi connectivity index (χ1v) is 7.21. The first-order chi connectivity index (χ1) is 10.2. The van der Waals surface area contributed by atoms with Crippen molar-refractivity contribution in [2.24, 2.45) is 0 Å². The third-order valence-corrected chi connectivity index (χ3v) is 3.62. The summed E-state index contributed by atoms with van der Waals surface area (Å²) in [6.07, 6.45) is 3.85. The minimum absolute atomic E-state index is 0.0905. The van der Waals surface area contributed by atoms with E-state index < -0.39 is 0 Å². The van der Waals surface area contributed by atoms with Gasteiger partial charge in [-0.3, -0.25) is 4.98 Å². The van der Waals surface area contributed by atoms with Gasteiger partial charge >= 0.3 is 0 Å². The molecule has 0 fully saturated rings. The van der Waals surface area contributed by atoms with Crippen LogP contribution in [0.3, 0.4) is 0 Å². The first-order valence-electron chi connectivity index (χ1n) is 6.83. The lowest BCUT2D eigenvalue weighted by atomic mass is 10.00. The molecular formula is C16H18ClFN2O. The van der Waals surface area contributed by atoms with Crippen LogP contribution in [-0.4, -0.2) is 18.6 Å². The molecule has 21 heavy (non-hydrogen) atoms. The zero-order valence-electron chi connectivity index (χ0n) is 12.1. The van der Waals surface area contributed by atoms with E-state index in [-0.39, 0.29) is 11.9 Å². The van der Waals surface area contributed by atoms with Crippen molar-refractivity contribution in [3.63, 3.8) is 0 Å². The summed E-state index contributed by atoms with van der Waals surface area (Å²) in [6.45, 7) is 2.50. The molecule has 2 rings (SSSR count). The Balaban J connectivity index is 2.26. The summed E-state index contributed by atoms with van der Waals surface area (Å²) in [4.78, 5) is 4.17. The Kier molecular flexibility index (Phi) is 5.53. The van der Waals surface area contributed by atoms with Gasteiger partial charge in [-0.2, -0.15) is 0 Å². The quantitative estimate of drug-likeness (QED) is 0.882. The van der Waals surface area contributed by atoms with E-state index in [1.165, 1.54) is 6.07 Å². The second-order valence-corrected chi connectivity index (χ2v) is 5.04. The predicted octanol–water partition coefficient (Wildman–Crippen LogP) is 3.78. The standard InChI is InChI=1S/C16H18ClFN2O/c1-3-21-12-7-11(9-20-10-12)16(19-2)8-13-14(17)5-4-6-15(13)18/h4-7,9-10,16,19H,3,8H2,1-2H3. The second kappa shape index (κ2) is 7.38. The maximum atomic E-state index is 13.9. The number of halogens is 2. The number of hydrogen-bond donors (Lipinski definition) is 1. The van der Waals surface area contributed by atoms with Gasteiger partial charge in [0.25, 0.3) is 0 Å². The average molecular weight is 309 g/mol. The lowest BCUT2D eigenvalue weighted by Crippen LogP contribution is -2.20. The van der Waals surface area contributed by atoms with Crippen molar-refractivity contribution < 1.29 is 9.13 Å². The van der Waals surface area contributed by atoms with Crippen molar-refractivity contribution in [1.29, 1.82) is 0 Å². The van der Waals surface area contributed by atoms with Gasteiger partial charge in [-0.15, -0.1) is 0 Å². The molecule has 3 nitrogen and oxygen atoms in total. The van der Waals surface area contributed by atoms with Gasteiger partial charge in [0.05, 0.1) is 12.8 Å². The number of hydrogen-bond acceptors (Lipinski definition) is 3. The maximum absolute atomic E-state index is 13.9. The Bertz CT molecular complexity index is 586. The smallest absolute Gasteiger partial charge is 0.137 e. The second-order valence-electron chi connectivity index (χ2n) is 4.63. The highest BCUT2D eigenvalue weighted by Gasteiger charge is 2.16. The van der Waals surface area contributed by atoms with E-state index in [0.29, 0.717) is 29.4 Å². The Morgan fingerprint density at radius 3 is 2.86 bits per heavy atom. The van der Waals surface area contributed by atoms with E-state index in [1.807, 2.05) is 20.0 Å². The fourth-order valence-electron chi connectivity index (χ4n) is 2.19. The lowest BCUT2D eigenvalue weighted by Gasteiger charge is -2.18. The molecule has 1 N–H and O–H groups in total. The molecule has 0 aliphatic heterocycles. The van der Waals surface area contributed by atoms with Gasteiger partial charge in [-0.1, -0.05) is 17.7 Å². The molecule has 0 amide bonds. The topological polar surface area (TPSA) is 34.1 Å². The van der Waals surface area contributed by atoms with Gasteiger partial charge in [0, 0.05) is 22.8 Å². The van der Waals surface area contributed by atoms with Gasteiger partial charge < -0.3 is 10.1 Å². The molecule has 1 aromatic carbocycles. The van der Waals surface area contributed by atoms with Gasteiger partial charge in [0.2, 0.25) is 0 Å². The largest absolute Gasteiger partial charge is 0.492 e. The van der Waals surface area contributed by atoms with Crippen molar-refractivity contribution in [3.8, 4) is 5.75 Å². The minimum atomic E-state index is -0.295. The minimum Gasteiger partial charge on any atom is -0.492 e. The van der Waals surface area contributed by atoms with E-state index in [0.717, 1.165) is 5.56 Å². The van der Waals surface area contributed by atoms with Crippen LogP contribution in [0.15, 0.2) is 36.7 Å². The van der Waals surface area contributed by atoms with Crippen molar-refractivity contribution in [1.82, 2.24) is 10.3 Å². The number of nitrogens with one attached hydrogen (secondary N) is 1. The van der Waals surface area contributed by atoms with Crippen LogP contribution < -0.4 is 10.1 Å². The van der Waals surface area contributed by atoms with E-state index >= 15 is 0 Å². The summed E-state index contributed by atoms with van der Waals surface area (Å²) < 4.78 is 19.4. The highest BCUT2D eigenvalue weighted by molar-refractivity contribution is 6.31. The van der Waals surface area contributed by atoms with Gasteiger partial charge in [0.15, 0.2) is 0 Å². The fraction of sp³-hybridized carbons (Fsp3) is 0.312. The number of rotatable bonds is 6. The van der Waals surface area contributed by atoms with E-state index in [1.54, 1.807) is 24.5 Å². The zero-order chi connectivity index (χ0) is 15.2. The van der Waals surface area contributed by atoms with E-state index in [2.05, 4.69) is 10.3 Å². The molecule has 1 atom stereocenters. The molecule has 1 aromatic heterocycles. The molecule has 0 bridgehead atoms. The van der Waals surface area contributed by atoms with Gasteiger partial charge in [-0.05, 0) is 44.2 Å². The summed E-state index contributed by atoms with van der Waals surface area (Å²) in [5.74, 6) is 0.409. The summed E-state index contributed by atoms with van der Waals surface area (Å²) in [7, 11) is 1.83. The van der Waals surface area contributed by atoms with Crippen LogP contribution in [0.5, 0.6) is 5.75 Å². The van der Waals surface area contributed by atoms with Crippen LogP contribution in [-0.2, 0) is 6.42 Å². The molecule has 5 heteroatoms. The summed E-state index contributed by atoms with van der Waals surface area (Å²) in [5, 5.41) is 3.60. The van der Waals surface area contributed by atoms with E-state index in [9.17, 15) is 4.39 Å². The molecule has 1 unspecified atom stereocenters. The molecule has 2 aromatic rings. The summed E-state index contributed by atoms with van der Waals surface area (Å²) in [6, 6.07) is 6.54. The number of likely N-dealkylation sites (N-methyl/N-ethyl adjacent to an activating group) is 1. The van der Waals surface area contributed by atoms with Crippen LogP contribution in [0.4, 0.5) is 4.39 Å². The Morgan fingerprint density at radius 2 is 2.19 bits per heavy atom. The predicted molar refractivity (Wildman–Crippen MR) is 82.3 cm³/mol. The van der Waals surface area contributed by atoms with Crippen LogP contribution >= 0.6 is 11.6 Å². The molecule has 0 aliphatic rings. The monoisotopic (exact) mass is 308 g/mol. The number of benzene rings is 1. The number of nitrogens with zero attached hydrogens (tertiary/aromatic N) is 1. The van der Waals surface area contributed by atoms with Crippen LogP contribution in [0.2, 0.25) is 5.02 Å². The molecule has 0 spiro atoms. The molecule has 0 radical (unpaired) electrons. The van der Waals surface area contributed by atoms with Crippen LogP contribution in [0.1, 0.15) is 24.1 Å². The number of ether oxygens (including phenoxy) is 1. The SMILES string of the molecule is CCOc1cncc(C(Cc2c(F)cccc2Cl)NC)c1.